The van der Waals surface area contributed by atoms with Crippen molar-refractivity contribution in [1.82, 2.24) is 4.72 Å². The van der Waals surface area contributed by atoms with Crippen molar-refractivity contribution in [3.63, 3.8) is 0 Å². The van der Waals surface area contributed by atoms with E-state index in [9.17, 15) is 13.5 Å². The van der Waals surface area contributed by atoms with E-state index in [-0.39, 0.29) is 25.7 Å². The van der Waals surface area contributed by atoms with Gasteiger partial charge in [0.15, 0.2) is 0 Å². The zero-order chi connectivity index (χ0) is 18.9. The number of aliphatic hydroxyl groups is 1. The normalized spacial score (nSPS) is 12.2. The Bertz CT molecular complexity index is 711. The van der Waals surface area contributed by atoms with Gasteiger partial charge in [0.25, 0.3) is 0 Å². The molecule has 0 atom stereocenters. The van der Waals surface area contributed by atoms with Gasteiger partial charge in [-0.1, -0.05) is 60.7 Å². The van der Waals surface area contributed by atoms with Crippen LogP contribution in [-0.2, 0) is 25.1 Å². The minimum Gasteiger partial charge on any atom is -0.379 e. The van der Waals surface area contributed by atoms with Crippen LogP contribution in [0.25, 0.3) is 0 Å². The van der Waals surface area contributed by atoms with Gasteiger partial charge >= 0.3 is 0 Å². The third-order valence-electron chi connectivity index (χ3n) is 3.95. The maximum atomic E-state index is 12.3. The Morgan fingerprint density at radius 3 is 2.04 bits per heavy atom. The summed E-state index contributed by atoms with van der Waals surface area (Å²) in [4.78, 5) is 0. The van der Waals surface area contributed by atoms with E-state index in [4.69, 9.17) is 9.47 Å². The Morgan fingerprint density at radius 1 is 1.00 bits per heavy atom. The summed E-state index contributed by atoms with van der Waals surface area (Å²) in [6.45, 7) is 0.272. The number of nitrogens with one attached hydrogen (secondary N) is 1. The number of hydrogen-bond donors (Lipinski definition) is 2. The second-order valence-electron chi connectivity index (χ2n) is 5.90. The molecule has 0 amide bonds. The van der Waals surface area contributed by atoms with Crippen molar-refractivity contribution in [2.24, 2.45) is 0 Å². The van der Waals surface area contributed by atoms with Crippen LogP contribution in [0.15, 0.2) is 60.7 Å². The number of hydrogen-bond acceptors (Lipinski definition) is 5. The molecule has 0 unspecified atom stereocenters. The lowest BCUT2D eigenvalue weighted by Crippen LogP contribution is -2.42. The van der Waals surface area contributed by atoms with Gasteiger partial charge in [-0.25, -0.2) is 13.1 Å². The highest BCUT2D eigenvalue weighted by atomic mass is 32.2. The van der Waals surface area contributed by atoms with Crippen LogP contribution in [0, 0.1) is 0 Å². The first-order valence-corrected chi connectivity index (χ1v) is 10.0. The van der Waals surface area contributed by atoms with E-state index >= 15 is 0 Å². The summed E-state index contributed by atoms with van der Waals surface area (Å²) in [5, 5.41) is 11.3. The Morgan fingerprint density at radius 2 is 1.54 bits per heavy atom. The number of sulfonamides is 1. The quantitative estimate of drug-likeness (QED) is 0.460. The average Bonchev–Trinajstić information content (AvgIpc) is 2.67. The molecule has 0 radical (unpaired) electrons. The van der Waals surface area contributed by atoms with E-state index in [2.05, 4.69) is 4.72 Å². The third kappa shape index (κ3) is 5.89. The zero-order valence-corrected chi connectivity index (χ0v) is 15.6. The van der Waals surface area contributed by atoms with Crippen LogP contribution in [0.3, 0.4) is 0 Å². The molecule has 6 nitrogen and oxygen atoms in total. The zero-order valence-electron chi connectivity index (χ0n) is 14.8. The van der Waals surface area contributed by atoms with Gasteiger partial charge in [-0.2, -0.15) is 0 Å². The van der Waals surface area contributed by atoms with Gasteiger partial charge in [-0.3, -0.25) is 0 Å². The Kier molecular flexibility index (Phi) is 7.74. The van der Waals surface area contributed by atoms with Gasteiger partial charge in [0, 0.05) is 13.7 Å². The summed E-state index contributed by atoms with van der Waals surface area (Å²) < 4.78 is 36.9. The lowest BCUT2D eigenvalue weighted by Gasteiger charge is -2.29. The Balaban J connectivity index is 2.08. The van der Waals surface area contributed by atoms with Gasteiger partial charge in [-0.15, -0.1) is 0 Å². The summed E-state index contributed by atoms with van der Waals surface area (Å²) in [6, 6.07) is 18.0. The minimum absolute atomic E-state index is 0.0869. The van der Waals surface area contributed by atoms with Crippen molar-refractivity contribution in [3.05, 3.63) is 71.8 Å². The second kappa shape index (κ2) is 9.80. The van der Waals surface area contributed by atoms with E-state index in [1.54, 1.807) is 24.3 Å². The largest absolute Gasteiger partial charge is 0.379 e. The molecule has 2 rings (SSSR count). The first kappa shape index (κ1) is 20.5. The molecule has 0 bridgehead atoms. The Hall–Kier alpha value is -1.77. The SMILES string of the molecule is COCOCCCS(=O)(=O)NCC(O)(c1ccccc1)c1ccccc1. The summed E-state index contributed by atoms with van der Waals surface area (Å²) in [6.07, 6.45) is 0.341. The van der Waals surface area contributed by atoms with Crippen molar-refractivity contribution in [1.29, 1.82) is 0 Å². The molecule has 26 heavy (non-hydrogen) atoms. The molecule has 7 heteroatoms. The summed E-state index contributed by atoms with van der Waals surface area (Å²) in [5.74, 6) is -0.0869. The van der Waals surface area contributed by atoms with Gasteiger partial charge in [0.05, 0.1) is 12.4 Å². The van der Waals surface area contributed by atoms with Gasteiger partial charge in [0.1, 0.15) is 12.4 Å². The van der Waals surface area contributed by atoms with E-state index in [1.165, 1.54) is 7.11 Å². The van der Waals surface area contributed by atoms with Crippen LogP contribution in [-0.4, -0.2) is 46.3 Å². The standard InChI is InChI=1S/C19H25NO5S/c1-24-16-25-13-8-14-26(22,23)20-15-19(21,17-9-4-2-5-10-17)18-11-6-3-7-12-18/h2-7,9-12,20-21H,8,13-16H2,1H3. The van der Waals surface area contributed by atoms with Crippen molar-refractivity contribution in [2.45, 2.75) is 12.0 Å². The molecule has 142 valence electrons. The van der Waals surface area contributed by atoms with Crippen LogP contribution >= 0.6 is 0 Å². The maximum Gasteiger partial charge on any atom is 0.211 e. The molecule has 0 aliphatic heterocycles. The highest BCUT2D eigenvalue weighted by Crippen LogP contribution is 2.29. The lowest BCUT2D eigenvalue weighted by atomic mass is 9.86. The minimum atomic E-state index is -3.55. The predicted octanol–water partition coefficient (Wildman–Crippen LogP) is 1.85. The van der Waals surface area contributed by atoms with Crippen molar-refractivity contribution in [3.8, 4) is 0 Å². The lowest BCUT2D eigenvalue weighted by molar-refractivity contribution is -0.0298. The number of benzene rings is 2. The fourth-order valence-corrected chi connectivity index (χ4v) is 3.65. The van der Waals surface area contributed by atoms with Crippen molar-refractivity contribution in [2.75, 3.05) is 32.8 Å². The van der Waals surface area contributed by atoms with Crippen LogP contribution in [0.4, 0.5) is 0 Å². The highest BCUT2D eigenvalue weighted by Gasteiger charge is 2.32. The number of methoxy groups -OCH3 is 1. The molecule has 0 fully saturated rings. The highest BCUT2D eigenvalue weighted by molar-refractivity contribution is 7.89. The molecular formula is C19H25NO5S. The first-order chi connectivity index (χ1) is 12.5. The molecule has 2 N–H and O–H groups in total. The average molecular weight is 379 g/mol. The van der Waals surface area contributed by atoms with Gasteiger partial charge in [0.2, 0.25) is 10.0 Å². The third-order valence-corrected chi connectivity index (χ3v) is 5.36. The van der Waals surface area contributed by atoms with E-state index in [1.807, 2.05) is 36.4 Å². The molecule has 0 aromatic heterocycles. The Labute approximate surface area is 154 Å². The number of ether oxygens (including phenoxy) is 2. The van der Waals surface area contributed by atoms with E-state index < -0.39 is 15.6 Å². The molecule has 0 aliphatic rings. The topological polar surface area (TPSA) is 84.9 Å². The molecule has 0 spiro atoms. The van der Waals surface area contributed by atoms with Crippen molar-refractivity contribution >= 4 is 10.0 Å². The van der Waals surface area contributed by atoms with E-state index in [0.717, 1.165) is 0 Å². The number of rotatable bonds is 11. The van der Waals surface area contributed by atoms with Crippen molar-refractivity contribution < 1.29 is 23.0 Å². The molecule has 0 saturated heterocycles. The maximum absolute atomic E-state index is 12.3. The first-order valence-electron chi connectivity index (χ1n) is 8.35. The molecule has 0 heterocycles. The van der Waals surface area contributed by atoms with Crippen LogP contribution < -0.4 is 4.72 Å². The molecular weight excluding hydrogens is 354 g/mol. The van der Waals surface area contributed by atoms with E-state index in [0.29, 0.717) is 17.5 Å². The summed E-state index contributed by atoms with van der Waals surface area (Å²) >= 11 is 0. The van der Waals surface area contributed by atoms with Gasteiger partial charge in [-0.05, 0) is 17.5 Å². The second-order valence-corrected chi connectivity index (χ2v) is 7.83. The molecule has 2 aromatic carbocycles. The van der Waals surface area contributed by atoms with Crippen LogP contribution in [0.1, 0.15) is 17.5 Å². The smallest absolute Gasteiger partial charge is 0.211 e. The fraction of sp³-hybridized carbons (Fsp3) is 0.368. The molecule has 0 saturated carbocycles. The fourth-order valence-electron chi connectivity index (χ4n) is 2.58. The predicted molar refractivity (Wildman–Crippen MR) is 100 cm³/mol. The summed E-state index contributed by atoms with van der Waals surface area (Å²) in [5.41, 5.74) is -0.211. The van der Waals surface area contributed by atoms with Crippen LogP contribution in [0.2, 0.25) is 0 Å². The summed E-state index contributed by atoms with van der Waals surface area (Å²) in [7, 11) is -2.04. The molecule has 0 aliphatic carbocycles. The van der Waals surface area contributed by atoms with Crippen LogP contribution in [0.5, 0.6) is 0 Å². The monoisotopic (exact) mass is 379 g/mol. The molecule has 2 aromatic rings. The van der Waals surface area contributed by atoms with Gasteiger partial charge < -0.3 is 14.6 Å².